The van der Waals surface area contributed by atoms with E-state index in [2.05, 4.69) is 9.97 Å². The van der Waals surface area contributed by atoms with Crippen LogP contribution in [-0.2, 0) is 4.79 Å². The number of nitrogens with zero attached hydrogens (tertiary/aromatic N) is 4. The standard InChI is InChI=1S/C14H9N5O3S/c15-8-10(13(16)20)6-9-2-3-12(11(7-9)19(21)22)23-14-17-4-1-5-18-14/h1-7H,(H2,16,20)/b10-6+. The number of rotatable bonds is 5. The molecule has 2 aromatic rings. The van der Waals surface area contributed by atoms with Gasteiger partial charge in [-0.1, -0.05) is 6.07 Å². The van der Waals surface area contributed by atoms with Crippen molar-refractivity contribution in [1.29, 1.82) is 5.26 Å². The summed E-state index contributed by atoms with van der Waals surface area (Å²) in [5.41, 5.74) is 4.90. The van der Waals surface area contributed by atoms with Gasteiger partial charge in [0.2, 0.25) is 0 Å². The first kappa shape index (κ1) is 16.1. The second-order valence-electron chi connectivity index (χ2n) is 4.15. The topological polar surface area (TPSA) is 136 Å². The summed E-state index contributed by atoms with van der Waals surface area (Å²) >= 11 is 1.04. The Morgan fingerprint density at radius 2 is 2.09 bits per heavy atom. The quantitative estimate of drug-likeness (QED) is 0.291. The molecule has 1 heterocycles. The molecule has 0 aliphatic rings. The summed E-state index contributed by atoms with van der Waals surface area (Å²) in [6.07, 6.45) is 4.26. The van der Waals surface area contributed by atoms with Crippen molar-refractivity contribution in [2.45, 2.75) is 10.1 Å². The molecule has 114 valence electrons. The number of aromatic nitrogens is 2. The van der Waals surface area contributed by atoms with E-state index >= 15 is 0 Å². The third kappa shape index (κ3) is 4.12. The first-order valence-corrected chi connectivity index (χ1v) is 6.98. The van der Waals surface area contributed by atoms with Crippen molar-refractivity contribution < 1.29 is 9.72 Å². The summed E-state index contributed by atoms with van der Waals surface area (Å²) < 4.78 is 0. The minimum absolute atomic E-state index is 0.182. The molecule has 0 saturated carbocycles. The second kappa shape index (κ2) is 7.15. The van der Waals surface area contributed by atoms with Crippen LogP contribution in [0.3, 0.4) is 0 Å². The maximum absolute atomic E-state index is 11.2. The first-order chi connectivity index (χ1) is 11.0. The molecule has 0 spiro atoms. The summed E-state index contributed by atoms with van der Waals surface area (Å²) in [7, 11) is 0. The summed E-state index contributed by atoms with van der Waals surface area (Å²) in [5, 5.41) is 20.4. The summed E-state index contributed by atoms with van der Waals surface area (Å²) in [4.78, 5) is 30.0. The first-order valence-electron chi connectivity index (χ1n) is 6.16. The van der Waals surface area contributed by atoms with Gasteiger partial charge in [0.1, 0.15) is 11.6 Å². The fourth-order valence-electron chi connectivity index (χ4n) is 1.61. The van der Waals surface area contributed by atoms with Crippen molar-refractivity contribution in [2.24, 2.45) is 5.73 Å². The molecule has 0 radical (unpaired) electrons. The maximum Gasteiger partial charge on any atom is 0.283 e. The van der Waals surface area contributed by atoms with Crippen LogP contribution < -0.4 is 5.73 Å². The highest BCUT2D eigenvalue weighted by Crippen LogP contribution is 2.33. The number of nitrogens with two attached hydrogens (primary N) is 1. The average molecular weight is 327 g/mol. The van der Waals surface area contributed by atoms with Gasteiger partial charge in [-0.05, 0) is 35.5 Å². The molecule has 0 aliphatic heterocycles. The van der Waals surface area contributed by atoms with E-state index < -0.39 is 10.8 Å². The number of nitro benzene ring substituents is 1. The van der Waals surface area contributed by atoms with Crippen LogP contribution in [0.25, 0.3) is 6.08 Å². The number of benzene rings is 1. The number of carbonyl (C=O) groups is 1. The number of nitro groups is 1. The van der Waals surface area contributed by atoms with Crippen LogP contribution in [-0.4, -0.2) is 20.8 Å². The van der Waals surface area contributed by atoms with E-state index in [9.17, 15) is 14.9 Å². The Bertz CT molecular complexity index is 830. The summed E-state index contributed by atoms with van der Waals surface area (Å²) in [6, 6.07) is 7.58. The number of hydrogen-bond donors (Lipinski definition) is 1. The number of carbonyl (C=O) groups excluding carboxylic acids is 1. The van der Waals surface area contributed by atoms with Crippen molar-refractivity contribution in [3.8, 4) is 6.07 Å². The largest absolute Gasteiger partial charge is 0.365 e. The Balaban J connectivity index is 2.42. The van der Waals surface area contributed by atoms with Gasteiger partial charge < -0.3 is 5.73 Å². The molecule has 0 fully saturated rings. The van der Waals surface area contributed by atoms with Gasteiger partial charge in [-0.3, -0.25) is 14.9 Å². The minimum atomic E-state index is -0.897. The zero-order chi connectivity index (χ0) is 16.8. The van der Waals surface area contributed by atoms with Gasteiger partial charge >= 0.3 is 0 Å². The van der Waals surface area contributed by atoms with Gasteiger partial charge in [-0.2, -0.15) is 5.26 Å². The van der Waals surface area contributed by atoms with Crippen LogP contribution >= 0.6 is 11.8 Å². The van der Waals surface area contributed by atoms with Crippen LogP contribution in [0.15, 0.2) is 52.3 Å². The van der Waals surface area contributed by atoms with E-state index in [4.69, 9.17) is 11.0 Å². The van der Waals surface area contributed by atoms with Gasteiger partial charge in [0.25, 0.3) is 11.6 Å². The highest BCUT2D eigenvalue weighted by atomic mass is 32.2. The van der Waals surface area contributed by atoms with E-state index in [0.29, 0.717) is 15.6 Å². The van der Waals surface area contributed by atoms with E-state index in [1.54, 1.807) is 18.2 Å². The predicted octanol–water partition coefficient (Wildman–Crippen LogP) is 1.93. The number of primary amides is 1. The molecule has 9 heteroatoms. The normalized spacial score (nSPS) is 10.8. The third-order valence-electron chi connectivity index (χ3n) is 2.62. The Morgan fingerprint density at radius 3 is 2.65 bits per heavy atom. The molecule has 2 rings (SSSR count). The molecular formula is C14H9N5O3S. The monoisotopic (exact) mass is 327 g/mol. The van der Waals surface area contributed by atoms with Crippen LogP contribution in [0.5, 0.6) is 0 Å². The molecular weight excluding hydrogens is 318 g/mol. The molecule has 0 saturated heterocycles. The highest BCUT2D eigenvalue weighted by molar-refractivity contribution is 7.99. The van der Waals surface area contributed by atoms with Gasteiger partial charge in [0.15, 0.2) is 5.16 Å². The number of hydrogen-bond acceptors (Lipinski definition) is 7. The Labute approximate surface area is 134 Å². The molecule has 8 nitrogen and oxygen atoms in total. The highest BCUT2D eigenvalue weighted by Gasteiger charge is 2.17. The molecule has 1 amide bonds. The van der Waals surface area contributed by atoms with Crippen molar-refractivity contribution in [1.82, 2.24) is 9.97 Å². The maximum atomic E-state index is 11.2. The molecule has 0 unspecified atom stereocenters. The van der Waals surface area contributed by atoms with E-state index in [0.717, 1.165) is 11.8 Å². The van der Waals surface area contributed by atoms with Crippen LogP contribution in [0.1, 0.15) is 5.56 Å². The summed E-state index contributed by atoms with van der Waals surface area (Å²) in [6.45, 7) is 0. The van der Waals surface area contributed by atoms with Gasteiger partial charge in [-0.25, -0.2) is 9.97 Å². The van der Waals surface area contributed by atoms with Crippen LogP contribution in [0, 0.1) is 21.4 Å². The van der Waals surface area contributed by atoms with Crippen molar-refractivity contribution >= 4 is 29.4 Å². The molecule has 2 N–H and O–H groups in total. The van der Waals surface area contributed by atoms with Gasteiger partial charge in [0.05, 0.1) is 9.82 Å². The molecule has 0 bridgehead atoms. The predicted molar refractivity (Wildman–Crippen MR) is 82.0 cm³/mol. The molecule has 23 heavy (non-hydrogen) atoms. The smallest absolute Gasteiger partial charge is 0.283 e. The fraction of sp³-hybridized carbons (Fsp3) is 0. The van der Waals surface area contributed by atoms with E-state index in [-0.39, 0.29) is 11.3 Å². The summed E-state index contributed by atoms with van der Waals surface area (Å²) in [5.74, 6) is -0.897. The average Bonchev–Trinajstić information content (AvgIpc) is 2.54. The van der Waals surface area contributed by atoms with Crippen molar-refractivity contribution in [2.75, 3.05) is 0 Å². The fourth-order valence-corrected chi connectivity index (χ4v) is 2.41. The van der Waals surface area contributed by atoms with Gasteiger partial charge in [0, 0.05) is 18.5 Å². The lowest BCUT2D eigenvalue weighted by atomic mass is 10.1. The molecule has 0 atom stereocenters. The Morgan fingerprint density at radius 1 is 1.39 bits per heavy atom. The third-order valence-corrected chi connectivity index (χ3v) is 3.58. The number of amides is 1. The Hall–Kier alpha value is -3.25. The van der Waals surface area contributed by atoms with Crippen molar-refractivity contribution in [3.05, 3.63) is 57.9 Å². The van der Waals surface area contributed by atoms with Gasteiger partial charge in [-0.15, -0.1) is 0 Å². The lowest BCUT2D eigenvalue weighted by Gasteiger charge is -2.03. The van der Waals surface area contributed by atoms with E-state index in [1.807, 2.05) is 0 Å². The van der Waals surface area contributed by atoms with Crippen molar-refractivity contribution in [3.63, 3.8) is 0 Å². The van der Waals surface area contributed by atoms with Crippen LogP contribution in [0.4, 0.5) is 5.69 Å². The molecule has 0 aliphatic carbocycles. The van der Waals surface area contributed by atoms with Crippen LogP contribution in [0.2, 0.25) is 0 Å². The minimum Gasteiger partial charge on any atom is -0.365 e. The van der Waals surface area contributed by atoms with E-state index in [1.165, 1.54) is 30.6 Å². The zero-order valence-corrected chi connectivity index (χ0v) is 12.4. The lowest BCUT2D eigenvalue weighted by molar-refractivity contribution is -0.387. The molecule has 1 aromatic carbocycles. The lowest BCUT2D eigenvalue weighted by Crippen LogP contribution is -2.12. The SMILES string of the molecule is N#C/C(=C\c1ccc(Sc2ncccn2)c([N+](=O)[O-])c1)C(N)=O. The zero-order valence-electron chi connectivity index (χ0n) is 11.5. The molecule has 1 aromatic heterocycles. The Kier molecular flexibility index (Phi) is 5.01. The second-order valence-corrected chi connectivity index (χ2v) is 5.16. The number of nitriles is 1.